The molecule has 0 radical (unpaired) electrons. The number of esters is 1. The summed E-state index contributed by atoms with van der Waals surface area (Å²) in [5.74, 6) is -0.534. The highest BCUT2D eigenvalue weighted by Gasteiger charge is 2.10. The van der Waals surface area contributed by atoms with Crippen LogP contribution in [0.15, 0.2) is 18.8 Å². The maximum Gasteiger partial charge on any atom is 0.358 e. The van der Waals surface area contributed by atoms with Gasteiger partial charge in [-0.1, -0.05) is 12.7 Å². The molecule has 0 saturated carbocycles. The van der Waals surface area contributed by atoms with Crippen molar-refractivity contribution in [3.05, 3.63) is 30.1 Å². The molecule has 2 N–H and O–H groups in total. The number of carbonyl (C=O) groups is 1. The number of hydrogen-bond acceptors (Lipinski definition) is 4. The number of nitrogens with zero attached hydrogens (tertiary/aromatic N) is 1. The molecule has 4 nitrogen and oxygen atoms in total. The topological polar surface area (TPSA) is 65.2 Å². The zero-order valence-electron chi connectivity index (χ0n) is 7.28. The third-order valence-corrected chi connectivity index (χ3v) is 1.55. The van der Waals surface area contributed by atoms with Crippen LogP contribution in [0.3, 0.4) is 0 Å². The standard InChI is InChI=1S/C9H10N2O2/c1-3-6-4-7(10)8(11-5-6)9(12)13-2/h3-5H,1,10H2,2H3. The van der Waals surface area contributed by atoms with E-state index < -0.39 is 5.97 Å². The molecular formula is C9H10N2O2. The number of hydrogen-bond donors (Lipinski definition) is 1. The molecule has 0 fully saturated rings. The van der Waals surface area contributed by atoms with Crippen molar-refractivity contribution in [3.8, 4) is 0 Å². The van der Waals surface area contributed by atoms with Crippen molar-refractivity contribution in [3.63, 3.8) is 0 Å². The maximum absolute atomic E-state index is 11.0. The lowest BCUT2D eigenvalue weighted by Crippen LogP contribution is -2.08. The fourth-order valence-electron chi connectivity index (χ4n) is 0.878. The summed E-state index contributed by atoms with van der Waals surface area (Å²) in [4.78, 5) is 14.9. The second-order valence-electron chi connectivity index (χ2n) is 2.40. The number of nitrogen functional groups attached to an aromatic ring is 1. The molecule has 4 heteroatoms. The number of rotatable bonds is 2. The van der Waals surface area contributed by atoms with Crippen LogP contribution in [0.1, 0.15) is 16.1 Å². The van der Waals surface area contributed by atoms with Gasteiger partial charge in [0, 0.05) is 6.20 Å². The van der Waals surface area contributed by atoms with Crippen molar-refractivity contribution in [2.45, 2.75) is 0 Å². The van der Waals surface area contributed by atoms with Gasteiger partial charge < -0.3 is 10.5 Å². The minimum absolute atomic E-state index is 0.133. The van der Waals surface area contributed by atoms with Crippen molar-refractivity contribution in [1.82, 2.24) is 4.98 Å². The van der Waals surface area contributed by atoms with Crippen LogP contribution in [0.25, 0.3) is 6.08 Å². The molecule has 0 amide bonds. The van der Waals surface area contributed by atoms with Gasteiger partial charge in [-0.05, 0) is 11.6 Å². The summed E-state index contributed by atoms with van der Waals surface area (Å²) in [6, 6.07) is 1.62. The fourth-order valence-corrected chi connectivity index (χ4v) is 0.878. The van der Waals surface area contributed by atoms with Gasteiger partial charge in [0.05, 0.1) is 12.8 Å². The molecule has 13 heavy (non-hydrogen) atoms. The largest absolute Gasteiger partial charge is 0.464 e. The van der Waals surface area contributed by atoms with Gasteiger partial charge in [0.2, 0.25) is 0 Å². The molecule has 0 aliphatic heterocycles. The minimum Gasteiger partial charge on any atom is -0.464 e. The Morgan fingerprint density at radius 2 is 2.46 bits per heavy atom. The number of methoxy groups -OCH3 is 1. The van der Waals surface area contributed by atoms with E-state index in [1.54, 1.807) is 12.1 Å². The van der Waals surface area contributed by atoms with Crippen LogP contribution >= 0.6 is 0 Å². The van der Waals surface area contributed by atoms with Gasteiger partial charge in [-0.15, -0.1) is 0 Å². The van der Waals surface area contributed by atoms with Crippen LogP contribution in [-0.4, -0.2) is 18.1 Å². The first kappa shape index (κ1) is 9.25. The molecule has 0 unspecified atom stereocenters. The number of anilines is 1. The molecule has 1 aromatic rings. The number of carbonyl (C=O) groups excluding carboxylic acids is 1. The number of aromatic nitrogens is 1. The maximum atomic E-state index is 11.0. The third-order valence-electron chi connectivity index (χ3n) is 1.55. The summed E-state index contributed by atoms with van der Waals surface area (Å²) in [6.45, 7) is 3.55. The van der Waals surface area contributed by atoms with Gasteiger partial charge in [0.25, 0.3) is 0 Å². The first-order chi connectivity index (χ1) is 6.19. The van der Waals surface area contributed by atoms with E-state index in [0.29, 0.717) is 5.69 Å². The summed E-state index contributed by atoms with van der Waals surface area (Å²) >= 11 is 0. The van der Waals surface area contributed by atoms with Gasteiger partial charge in [-0.2, -0.15) is 0 Å². The van der Waals surface area contributed by atoms with Gasteiger partial charge in [0.15, 0.2) is 5.69 Å². The molecule has 0 aromatic carbocycles. The first-order valence-electron chi connectivity index (χ1n) is 3.65. The zero-order valence-corrected chi connectivity index (χ0v) is 7.28. The average Bonchev–Trinajstić information content (AvgIpc) is 2.16. The van der Waals surface area contributed by atoms with E-state index in [0.717, 1.165) is 5.56 Å². The Bertz CT molecular complexity index is 347. The van der Waals surface area contributed by atoms with E-state index in [1.165, 1.54) is 13.3 Å². The van der Waals surface area contributed by atoms with Crippen LogP contribution in [-0.2, 0) is 4.74 Å². The van der Waals surface area contributed by atoms with Gasteiger partial charge in [-0.3, -0.25) is 0 Å². The number of nitrogens with two attached hydrogens (primary N) is 1. The molecule has 0 saturated heterocycles. The van der Waals surface area contributed by atoms with Crippen molar-refractivity contribution >= 4 is 17.7 Å². The summed E-state index contributed by atoms with van der Waals surface area (Å²) < 4.78 is 4.48. The second kappa shape index (κ2) is 3.71. The Morgan fingerprint density at radius 3 is 2.92 bits per heavy atom. The highest BCUT2D eigenvalue weighted by Crippen LogP contribution is 2.12. The Balaban J connectivity index is 3.12. The van der Waals surface area contributed by atoms with E-state index in [-0.39, 0.29) is 5.69 Å². The molecule has 68 valence electrons. The predicted octanol–water partition coefficient (Wildman–Crippen LogP) is 1.09. The number of pyridine rings is 1. The van der Waals surface area contributed by atoms with Crippen LogP contribution in [0.5, 0.6) is 0 Å². The Kier molecular flexibility index (Phi) is 2.64. The third kappa shape index (κ3) is 1.84. The summed E-state index contributed by atoms with van der Waals surface area (Å²) in [6.07, 6.45) is 3.11. The highest BCUT2D eigenvalue weighted by atomic mass is 16.5. The smallest absolute Gasteiger partial charge is 0.358 e. The second-order valence-corrected chi connectivity index (χ2v) is 2.40. The minimum atomic E-state index is -0.534. The van der Waals surface area contributed by atoms with Crippen molar-refractivity contribution in [2.75, 3.05) is 12.8 Å². The average molecular weight is 178 g/mol. The molecule has 1 aromatic heterocycles. The van der Waals surface area contributed by atoms with Crippen molar-refractivity contribution in [1.29, 1.82) is 0 Å². The Hall–Kier alpha value is -1.84. The molecule has 0 aliphatic rings. The van der Waals surface area contributed by atoms with Gasteiger partial charge in [-0.25, -0.2) is 9.78 Å². The van der Waals surface area contributed by atoms with Crippen LogP contribution in [0.4, 0.5) is 5.69 Å². The van der Waals surface area contributed by atoms with E-state index in [2.05, 4.69) is 16.3 Å². The normalized spacial score (nSPS) is 9.31. The molecule has 0 spiro atoms. The van der Waals surface area contributed by atoms with Crippen LogP contribution < -0.4 is 5.73 Å². The fraction of sp³-hybridized carbons (Fsp3) is 0.111. The van der Waals surface area contributed by atoms with E-state index in [9.17, 15) is 4.79 Å². The zero-order chi connectivity index (χ0) is 9.84. The first-order valence-corrected chi connectivity index (χ1v) is 3.65. The molecule has 0 bridgehead atoms. The van der Waals surface area contributed by atoms with E-state index in [4.69, 9.17) is 5.73 Å². The summed E-state index contributed by atoms with van der Waals surface area (Å²) in [5.41, 5.74) is 6.76. The summed E-state index contributed by atoms with van der Waals surface area (Å²) in [7, 11) is 1.28. The van der Waals surface area contributed by atoms with E-state index >= 15 is 0 Å². The van der Waals surface area contributed by atoms with Gasteiger partial charge in [0.1, 0.15) is 0 Å². The number of ether oxygens (including phenoxy) is 1. The quantitative estimate of drug-likeness (QED) is 0.688. The van der Waals surface area contributed by atoms with E-state index in [1.807, 2.05) is 0 Å². The lowest BCUT2D eigenvalue weighted by molar-refractivity contribution is 0.0595. The SMILES string of the molecule is C=Cc1cnc(C(=O)OC)c(N)c1. The van der Waals surface area contributed by atoms with Gasteiger partial charge >= 0.3 is 5.97 Å². The Labute approximate surface area is 76.0 Å². The lowest BCUT2D eigenvalue weighted by Gasteiger charge is -2.02. The molecule has 1 heterocycles. The summed E-state index contributed by atoms with van der Waals surface area (Å²) in [5, 5.41) is 0. The lowest BCUT2D eigenvalue weighted by atomic mass is 10.2. The molecule has 0 aliphatic carbocycles. The monoisotopic (exact) mass is 178 g/mol. The van der Waals surface area contributed by atoms with Crippen molar-refractivity contribution in [2.24, 2.45) is 0 Å². The predicted molar refractivity (Wildman–Crippen MR) is 50.1 cm³/mol. The molecule has 1 rings (SSSR count). The molecule has 0 atom stereocenters. The Morgan fingerprint density at radius 1 is 1.77 bits per heavy atom. The molecular weight excluding hydrogens is 168 g/mol. The highest BCUT2D eigenvalue weighted by molar-refractivity contribution is 5.93. The van der Waals surface area contributed by atoms with Crippen LogP contribution in [0, 0.1) is 0 Å². The van der Waals surface area contributed by atoms with Crippen LogP contribution in [0.2, 0.25) is 0 Å². The van der Waals surface area contributed by atoms with Crippen molar-refractivity contribution < 1.29 is 9.53 Å².